The van der Waals surface area contributed by atoms with E-state index in [9.17, 15) is 5.11 Å². The van der Waals surface area contributed by atoms with Gasteiger partial charge in [-0.2, -0.15) is 0 Å². The van der Waals surface area contributed by atoms with Crippen molar-refractivity contribution in [3.8, 4) is 0 Å². The van der Waals surface area contributed by atoms with Crippen molar-refractivity contribution in [1.29, 1.82) is 0 Å². The van der Waals surface area contributed by atoms with Crippen LogP contribution >= 0.6 is 11.6 Å². The van der Waals surface area contributed by atoms with Crippen molar-refractivity contribution in [2.75, 3.05) is 5.88 Å². The van der Waals surface area contributed by atoms with Gasteiger partial charge in [-0.05, 0) is 12.0 Å². The van der Waals surface area contributed by atoms with E-state index < -0.39 is 5.60 Å². The summed E-state index contributed by atoms with van der Waals surface area (Å²) in [4.78, 5) is 0. The maximum atomic E-state index is 9.97. The average Bonchev–Trinajstić information content (AvgIpc) is 2.18. The number of halogens is 1. The molecule has 1 unspecified atom stereocenters. The van der Waals surface area contributed by atoms with E-state index in [4.69, 9.17) is 11.6 Å². The number of aliphatic hydroxyl groups is 1. The van der Waals surface area contributed by atoms with Crippen molar-refractivity contribution in [3.63, 3.8) is 0 Å². The van der Waals surface area contributed by atoms with Gasteiger partial charge in [0.05, 0.1) is 5.88 Å². The van der Waals surface area contributed by atoms with Gasteiger partial charge in [0.25, 0.3) is 0 Å². The second kappa shape index (κ2) is 3.92. The summed E-state index contributed by atoms with van der Waals surface area (Å²) in [6.07, 6.45) is 0.639. The van der Waals surface area contributed by atoms with E-state index >= 15 is 0 Å². The lowest BCUT2D eigenvalue weighted by Gasteiger charge is -2.24. The Morgan fingerprint density at radius 3 is 2.33 bits per heavy atom. The van der Waals surface area contributed by atoms with E-state index in [0.717, 1.165) is 5.56 Å². The van der Waals surface area contributed by atoms with E-state index in [1.165, 1.54) is 0 Å². The van der Waals surface area contributed by atoms with Crippen molar-refractivity contribution in [2.45, 2.75) is 18.9 Å². The standard InChI is InChI=1S/C10H13ClO/c1-2-10(12,8-11)9-6-4-3-5-7-9/h3-7,12H,2,8H2,1H3. The molecule has 1 N–H and O–H groups in total. The summed E-state index contributed by atoms with van der Waals surface area (Å²) in [5, 5.41) is 9.97. The lowest BCUT2D eigenvalue weighted by molar-refractivity contribution is 0.0569. The summed E-state index contributed by atoms with van der Waals surface area (Å²) >= 11 is 5.69. The molecular weight excluding hydrogens is 172 g/mol. The van der Waals surface area contributed by atoms with Gasteiger partial charge in [0.1, 0.15) is 5.60 Å². The van der Waals surface area contributed by atoms with E-state index in [1.54, 1.807) is 0 Å². The van der Waals surface area contributed by atoms with Crippen LogP contribution in [-0.4, -0.2) is 11.0 Å². The molecule has 1 rings (SSSR count). The van der Waals surface area contributed by atoms with Crippen LogP contribution in [0.25, 0.3) is 0 Å². The molecule has 0 radical (unpaired) electrons. The highest BCUT2D eigenvalue weighted by molar-refractivity contribution is 6.18. The molecule has 0 aliphatic carbocycles. The van der Waals surface area contributed by atoms with Crippen LogP contribution < -0.4 is 0 Å². The average molecular weight is 185 g/mol. The lowest BCUT2D eigenvalue weighted by Crippen LogP contribution is -2.26. The largest absolute Gasteiger partial charge is 0.384 e. The zero-order chi connectivity index (χ0) is 9.03. The Balaban J connectivity index is 2.95. The Hall–Kier alpha value is -0.530. The monoisotopic (exact) mass is 184 g/mol. The molecule has 12 heavy (non-hydrogen) atoms. The third-order valence-corrected chi connectivity index (χ3v) is 2.56. The van der Waals surface area contributed by atoms with Gasteiger partial charge in [0.2, 0.25) is 0 Å². The Morgan fingerprint density at radius 1 is 1.33 bits per heavy atom. The van der Waals surface area contributed by atoms with Crippen LogP contribution in [0.3, 0.4) is 0 Å². The summed E-state index contributed by atoms with van der Waals surface area (Å²) in [6.45, 7) is 1.93. The van der Waals surface area contributed by atoms with Crippen molar-refractivity contribution in [3.05, 3.63) is 35.9 Å². The maximum Gasteiger partial charge on any atom is 0.103 e. The molecule has 1 aromatic rings. The first-order valence-electron chi connectivity index (χ1n) is 4.07. The SMILES string of the molecule is CCC(O)(CCl)c1ccccc1. The molecule has 1 nitrogen and oxygen atoms in total. The zero-order valence-corrected chi connectivity index (χ0v) is 7.88. The molecular formula is C10H13ClO. The fourth-order valence-electron chi connectivity index (χ4n) is 1.12. The highest BCUT2D eigenvalue weighted by Crippen LogP contribution is 2.25. The topological polar surface area (TPSA) is 20.2 Å². The summed E-state index contributed by atoms with van der Waals surface area (Å²) in [5.74, 6) is 0.244. The molecule has 0 bridgehead atoms. The molecule has 1 aromatic carbocycles. The van der Waals surface area contributed by atoms with Gasteiger partial charge in [-0.1, -0.05) is 37.3 Å². The molecule has 2 heteroatoms. The van der Waals surface area contributed by atoms with Gasteiger partial charge in [-0.25, -0.2) is 0 Å². The molecule has 0 amide bonds. The molecule has 1 atom stereocenters. The number of hydrogen-bond donors (Lipinski definition) is 1. The van der Waals surface area contributed by atoms with Crippen LogP contribution in [0.2, 0.25) is 0 Å². The van der Waals surface area contributed by atoms with Crippen molar-refractivity contribution in [1.82, 2.24) is 0 Å². The Morgan fingerprint density at radius 2 is 1.92 bits per heavy atom. The van der Waals surface area contributed by atoms with Crippen LogP contribution in [-0.2, 0) is 5.60 Å². The first kappa shape index (κ1) is 9.56. The fraction of sp³-hybridized carbons (Fsp3) is 0.400. The summed E-state index contributed by atoms with van der Waals surface area (Å²) < 4.78 is 0. The summed E-state index contributed by atoms with van der Waals surface area (Å²) in [5.41, 5.74) is 0.0329. The predicted octanol–water partition coefficient (Wildman–Crippen LogP) is 2.52. The van der Waals surface area contributed by atoms with Gasteiger partial charge in [0, 0.05) is 0 Å². The number of rotatable bonds is 3. The zero-order valence-electron chi connectivity index (χ0n) is 7.13. The summed E-state index contributed by atoms with van der Waals surface area (Å²) in [7, 11) is 0. The highest BCUT2D eigenvalue weighted by atomic mass is 35.5. The molecule has 0 spiro atoms. The molecule has 0 aliphatic rings. The van der Waals surface area contributed by atoms with Crippen LogP contribution in [0.1, 0.15) is 18.9 Å². The molecule has 66 valence electrons. The minimum absolute atomic E-state index is 0.244. The van der Waals surface area contributed by atoms with Gasteiger partial charge < -0.3 is 5.11 Å². The quantitative estimate of drug-likeness (QED) is 0.716. The molecule has 0 fully saturated rings. The molecule has 0 saturated carbocycles. The van der Waals surface area contributed by atoms with Gasteiger partial charge in [0.15, 0.2) is 0 Å². The van der Waals surface area contributed by atoms with Gasteiger partial charge >= 0.3 is 0 Å². The van der Waals surface area contributed by atoms with E-state index in [0.29, 0.717) is 6.42 Å². The number of benzene rings is 1. The Bertz CT molecular complexity index is 229. The van der Waals surface area contributed by atoms with Gasteiger partial charge in [-0.15, -0.1) is 11.6 Å². The summed E-state index contributed by atoms with van der Waals surface area (Å²) in [6, 6.07) is 9.52. The molecule has 0 saturated heterocycles. The van der Waals surface area contributed by atoms with Crippen molar-refractivity contribution in [2.24, 2.45) is 0 Å². The second-order valence-corrected chi connectivity index (χ2v) is 3.15. The molecule has 0 aromatic heterocycles. The Kier molecular flexibility index (Phi) is 3.12. The van der Waals surface area contributed by atoms with Crippen molar-refractivity contribution < 1.29 is 5.11 Å². The van der Waals surface area contributed by atoms with Crippen LogP contribution in [0, 0.1) is 0 Å². The fourth-order valence-corrected chi connectivity index (χ4v) is 1.47. The first-order chi connectivity index (χ1) is 5.73. The van der Waals surface area contributed by atoms with Crippen LogP contribution in [0.15, 0.2) is 30.3 Å². The second-order valence-electron chi connectivity index (χ2n) is 2.88. The van der Waals surface area contributed by atoms with Gasteiger partial charge in [-0.3, -0.25) is 0 Å². The van der Waals surface area contributed by atoms with E-state index in [1.807, 2.05) is 37.3 Å². The minimum atomic E-state index is -0.858. The van der Waals surface area contributed by atoms with Crippen molar-refractivity contribution >= 4 is 11.6 Å². The van der Waals surface area contributed by atoms with Crippen LogP contribution in [0.4, 0.5) is 0 Å². The highest BCUT2D eigenvalue weighted by Gasteiger charge is 2.25. The third-order valence-electron chi connectivity index (χ3n) is 2.12. The number of alkyl halides is 1. The maximum absolute atomic E-state index is 9.97. The molecule has 0 aliphatic heterocycles. The predicted molar refractivity (Wildman–Crippen MR) is 51.3 cm³/mol. The third kappa shape index (κ3) is 1.79. The first-order valence-corrected chi connectivity index (χ1v) is 4.60. The van der Waals surface area contributed by atoms with E-state index in [2.05, 4.69) is 0 Å². The minimum Gasteiger partial charge on any atom is -0.384 e. The smallest absolute Gasteiger partial charge is 0.103 e. The lowest BCUT2D eigenvalue weighted by atomic mass is 9.93. The normalized spacial score (nSPS) is 15.6. The molecule has 0 heterocycles. The number of hydrogen-bond acceptors (Lipinski definition) is 1. The Labute approximate surface area is 78.0 Å². The van der Waals surface area contributed by atoms with E-state index in [-0.39, 0.29) is 5.88 Å². The van der Waals surface area contributed by atoms with Crippen LogP contribution in [0.5, 0.6) is 0 Å².